The summed E-state index contributed by atoms with van der Waals surface area (Å²) in [6.45, 7) is 3.16. The van der Waals surface area contributed by atoms with Crippen LogP contribution in [-0.4, -0.2) is 4.57 Å². The molecule has 1 heterocycles. The molecule has 0 amide bonds. The van der Waals surface area contributed by atoms with Gasteiger partial charge in [-0.3, -0.25) is 0 Å². The topological polar surface area (TPSA) is 4.93 Å². The number of para-hydroxylation sites is 1. The molecule has 11 heavy (non-hydrogen) atoms. The van der Waals surface area contributed by atoms with Gasteiger partial charge in [0.2, 0.25) is 0 Å². The molecule has 0 spiro atoms. The van der Waals surface area contributed by atoms with Crippen molar-refractivity contribution in [2.24, 2.45) is 0 Å². The highest BCUT2D eigenvalue weighted by Gasteiger charge is 1.95. The van der Waals surface area contributed by atoms with E-state index in [1.54, 1.807) is 0 Å². The second-order valence-corrected chi connectivity index (χ2v) is 2.58. The first-order valence-electron chi connectivity index (χ1n) is 3.87. The Labute approximate surface area is 66.3 Å². The van der Waals surface area contributed by atoms with Crippen molar-refractivity contribution in [1.82, 2.24) is 4.57 Å². The lowest BCUT2D eigenvalue weighted by Crippen LogP contribution is -1.89. The average molecular weight is 144 g/mol. The molecule has 0 saturated carbocycles. The van der Waals surface area contributed by atoms with E-state index in [9.17, 15) is 0 Å². The molecule has 0 fully saturated rings. The first kappa shape index (κ1) is 6.47. The average Bonchev–Trinajstić information content (AvgIpc) is 2.47. The molecule has 55 valence electrons. The van der Waals surface area contributed by atoms with E-state index in [0.717, 1.165) is 6.54 Å². The normalized spacial score (nSPS) is 10.6. The molecular weight excluding hydrogens is 134 g/mol. The summed E-state index contributed by atoms with van der Waals surface area (Å²) in [5.74, 6) is 0. The fourth-order valence-electron chi connectivity index (χ4n) is 1.33. The lowest BCUT2D eigenvalue weighted by Gasteiger charge is -1.97. The maximum Gasteiger partial charge on any atom is 0.0560 e. The summed E-state index contributed by atoms with van der Waals surface area (Å²) in [5, 5.41) is 1.27. The van der Waals surface area contributed by atoms with Gasteiger partial charge in [-0.05, 0) is 13.0 Å². The van der Waals surface area contributed by atoms with Gasteiger partial charge < -0.3 is 4.57 Å². The lowest BCUT2D eigenvalue weighted by atomic mass is 10.2. The number of hydrogen-bond donors (Lipinski definition) is 0. The lowest BCUT2D eigenvalue weighted by molar-refractivity contribution is 0.797. The van der Waals surface area contributed by atoms with Crippen molar-refractivity contribution in [3.63, 3.8) is 0 Å². The molecule has 1 aromatic heterocycles. The summed E-state index contributed by atoms with van der Waals surface area (Å²) in [6, 6.07) is 11.4. The van der Waals surface area contributed by atoms with Crippen molar-refractivity contribution in [2.75, 3.05) is 0 Å². The quantitative estimate of drug-likeness (QED) is 0.579. The highest BCUT2D eigenvalue weighted by Crippen LogP contribution is 2.13. The van der Waals surface area contributed by atoms with Crippen LogP contribution in [0.15, 0.2) is 30.5 Å². The van der Waals surface area contributed by atoms with Gasteiger partial charge in [-0.25, -0.2) is 0 Å². The van der Waals surface area contributed by atoms with Gasteiger partial charge in [0.25, 0.3) is 0 Å². The summed E-state index contributed by atoms with van der Waals surface area (Å²) >= 11 is 0. The molecule has 0 N–H and O–H groups in total. The van der Waals surface area contributed by atoms with E-state index in [4.69, 9.17) is 0 Å². The van der Waals surface area contributed by atoms with Crippen molar-refractivity contribution in [3.05, 3.63) is 36.5 Å². The summed E-state index contributed by atoms with van der Waals surface area (Å²) < 4.78 is 2.19. The zero-order valence-electron chi connectivity index (χ0n) is 6.54. The van der Waals surface area contributed by atoms with Gasteiger partial charge >= 0.3 is 0 Å². The maximum absolute atomic E-state index is 3.21. The molecule has 1 radical (unpaired) electrons. The molecule has 0 saturated heterocycles. The van der Waals surface area contributed by atoms with E-state index in [-0.39, 0.29) is 0 Å². The molecule has 1 heteroatoms. The molecular formula is C10H10N. The van der Waals surface area contributed by atoms with Crippen LogP contribution in [0.5, 0.6) is 0 Å². The minimum Gasteiger partial charge on any atom is -0.347 e. The Balaban J connectivity index is 2.76. The largest absolute Gasteiger partial charge is 0.347 e. The number of aryl methyl sites for hydroxylation is 1. The predicted octanol–water partition coefficient (Wildman–Crippen LogP) is 2.46. The van der Waals surface area contributed by atoms with Gasteiger partial charge in [0.1, 0.15) is 0 Å². The van der Waals surface area contributed by atoms with Crippen LogP contribution in [0.1, 0.15) is 6.92 Å². The fourth-order valence-corrected chi connectivity index (χ4v) is 1.33. The van der Waals surface area contributed by atoms with E-state index >= 15 is 0 Å². The van der Waals surface area contributed by atoms with Gasteiger partial charge in [-0.15, -0.1) is 0 Å². The molecule has 0 atom stereocenters. The Bertz CT molecular complexity index is 360. The Morgan fingerprint density at radius 2 is 2.36 bits per heavy atom. The zero-order chi connectivity index (χ0) is 7.68. The summed E-state index contributed by atoms with van der Waals surface area (Å²) in [7, 11) is 0. The maximum atomic E-state index is 3.21. The van der Waals surface area contributed by atoms with E-state index in [2.05, 4.69) is 35.9 Å². The van der Waals surface area contributed by atoms with Gasteiger partial charge in [-0.1, -0.05) is 18.2 Å². The van der Waals surface area contributed by atoms with E-state index in [1.807, 2.05) is 12.1 Å². The monoisotopic (exact) mass is 144 g/mol. The third-order valence-corrected chi connectivity index (χ3v) is 1.93. The molecule has 0 aliphatic rings. The van der Waals surface area contributed by atoms with Crippen LogP contribution < -0.4 is 0 Å². The van der Waals surface area contributed by atoms with Crippen LogP contribution in [0.4, 0.5) is 0 Å². The summed E-state index contributed by atoms with van der Waals surface area (Å²) in [4.78, 5) is 0. The van der Waals surface area contributed by atoms with Crippen LogP contribution in [0, 0.1) is 6.07 Å². The molecule has 0 bridgehead atoms. The van der Waals surface area contributed by atoms with Crippen molar-refractivity contribution in [3.8, 4) is 0 Å². The van der Waals surface area contributed by atoms with Gasteiger partial charge in [0.05, 0.1) is 5.52 Å². The first-order chi connectivity index (χ1) is 5.42. The van der Waals surface area contributed by atoms with E-state index < -0.39 is 0 Å². The number of rotatable bonds is 1. The van der Waals surface area contributed by atoms with Crippen LogP contribution >= 0.6 is 0 Å². The molecule has 2 rings (SSSR count). The SMILES string of the molecule is CCn1ccc2ccc[c]c21. The Morgan fingerprint density at radius 3 is 3.18 bits per heavy atom. The van der Waals surface area contributed by atoms with Gasteiger partial charge in [-0.2, -0.15) is 0 Å². The minimum atomic E-state index is 1.02. The highest BCUT2D eigenvalue weighted by molar-refractivity contribution is 5.79. The standard InChI is InChI=1S/C10H10N/c1-2-11-8-7-9-5-3-4-6-10(9)11/h3-5,7-8H,2H2,1H3. The Hall–Kier alpha value is -1.24. The van der Waals surface area contributed by atoms with Crippen LogP contribution in [-0.2, 0) is 6.54 Å². The highest BCUT2D eigenvalue weighted by atomic mass is 14.9. The van der Waals surface area contributed by atoms with Crippen molar-refractivity contribution in [2.45, 2.75) is 13.5 Å². The second kappa shape index (κ2) is 2.42. The first-order valence-corrected chi connectivity index (χ1v) is 3.87. The number of fused-ring (bicyclic) bond motifs is 1. The Morgan fingerprint density at radius 1 is 1.45 bits per heavy atom. The summed E-state index contributed by atoms with van der Waals surface area (Å²) in [5.41, 5.74) is 1.20. The predicted molar refractivity (Wildman–Crippen MR) is 46.4 cm³/mol. The molecule has 1 nitrogen and oxygen atoms in total. The third-order valence-electron chi connectivity index (χ3n) is 1.93. The molecule has 0 aliphatic carbocycles. The van der Waals surface area contributed by atoms with Crippen LogP contribution in [0.3, 0.4) is 0 Å². The number of aromatic nitrogens is 1. The van der Waals surface area contributed by atoms with Crippen molar-refractivity contribution < 1.29 is 0 Å². The second-order valence-electron chi connectivity index (χ2n) is 2.58. The minimum absolute atomic E-state index is 1.02. The van der Waals surface area contributed by atoms with Gasteiger partial charge in [0, 0.05) is 24.2 Å². The van der Waals surface area contributed by atoms with E-state index in [0.29, 0.717) is 0 Å². The van der Waals surface area contributed by atoms with Crippen molar-refractivity contribution >= 4 is 10.9 Å². The smallest absolute Gasteiger partial charge is 0.0560 e. The van der Waals surface area contributed by atoms with Crippen LogP contribution in [0.2, 0.25) is 0 Å². The van der Waals surface area contributed by atoms with Crippen LogP contribution in [0.25, 0.3) is 10.9 Å². The number of nitrogens with zero attached hydrogens (tertiary/aromatic N) is 1. The third kappa shape index (κ3) is 0.929. The molecule has 1 aromatic carbocycles. The number of benzene rings is 1. The Kier molecular flexibility index (Phi) is 1.42. The fraction of sp³-hybridized carbons (Fsp3) is 0.200. The number of hydrogen-bond acceptors (Lipinski definition) is 0. The molecule has 0 aliphatic heterocycles. The molecule has 2 aromatic rings. The zero-order valence-corrected chi connectivity index (χ0v) is 6.54. The van der Waals surface area contributed by atoms with Gasteiger partial charge in [0.15, 0.2) is 0 Å². The van der Waals surface area contributed by atoms with Crippen molar-refractivity contribution in [1.29, 1.82) is 0 Å². The molecule has 0 unspecified atom stereocenters. The van der Waals surface area contributed by atoms with E-state index in [1.165, 1.54) is 10.9 Å². The summed E-state index contributed by atoms with van der Waals surface area (Å²) in [6.07, 6.45) is 2.10.